The van der Waals surface area contributed by atoms with Crippen LogP contribution in [0.3, 0.4) is 0 Å². The number of aryl methyl sites for hydroxylation is 1. The van der Waals surface area contributed by atoms with Crippen molar-refractivity contribution in [3.63, 3.8) is 0 Å². The molecule has 1 heterocycles. The minimum absolute atomic E-state index is 0.268. The quantitative estimate of drug-likeness (QED) is 0.866. The van der Waals surface area contributed by atoms with Crippen LogP contribution >= 0.6 is 11.6 Å². The van der Waals surface area contributed by atoms with Gasteiger partial charge in [0.05, 0.1) is 0 Å². The molecular formula is C12H10ClNO2. The van der Waals surface area contributed by atoms with Crippen LogP contribution in [0.4, 0.5) is 5.69 Å². The Kier molecular flexibility index (Phi) is 2.97. The number of rotatable bonds is 2. The van der Waals surface area contributed by atoms with Crippen LogP contribution in [0.25, 0.3) is 0 Å². The summed E-state index contributed by atoms with van der Waals surface area (Å²) in [4.78, 5) is 11.7. The first-order valence-corrected chi connectivity index (χ1v) is 5.16. The van der Waals surface area contributed by atoms with E-state index >= 15 is 0 Å². The Balaban J connectivity index is 2.10. The minimum Gasteiger partial charge on any atom is -0.456 e. The maximum absolute atomic E-state index is 11.7. The predicted octanol–water partition coefficient (Wildman–Crippen LogP) is 3.49. The largest absolute Gasteiger partial charge is 0.456 e. The van der Waals surface area contributed by atoms with Crippen LogP contribution in [0.1, 0.15) is 16.3 Å². The Labute approximate surface area is 98.0 Å². The molecule has 0 bridgehead atoms. The second-order valence-electron chi connectivity index (χ2n) is 3.37. The maximum Gasteiger partial charge on any atom is 0.291 e. The third-order valence-electron chi connectivity index (χ3n) is 2.07. The van der Waals surface area contributed by atoms with Gasteiger partial charge in [0.15, 0.2) is 5.76 Å². The van der Waals surface area contributed by atoms with Gasteiger partial charge in [0.25, 0.3) is 5.91 Å². The molecule has 0 radical (unpaired) electrons. The minimum atomic E-state index is -0.268. The lowest BCUT2D eigenvalue weighted by atomic mass is 10.3. The second-order valence-corrected chi connectivity index (χ2v) is 3.81. The van der Waals surface area contributed by atoms with Crippen molar-refractivity contribution in [2.24, 2.45) is 0 Å². The molecule has 0 atom stereocenters. The first-order valence-electron chi connectivity index (χ1n) is 4.78. The fourth-order valence-electron chi connectivity index (χ4n) is 1.28. The van der Waals surface area contributed by atoms with Crippen LogP contribution in [0, 0.1) is 6.92 Å². The zero-order valence-corrected chi connectivity index (χ0v) is 9.41. The summed E-state index contributed by atoms with van der Waals surface area (Å²) in [6.07, 6.45) is 0. The Morgan fingerprint density at radius 3 is 2.44 bits per heavy atom. The average molecular weight is 236 g/mol. The second kappa shape index (κ2) is 4.41. The first kappa shape index (κ1) is 10.8. The summed E-state index contributed by atoms with van der Waals surface area (Å²) in [5, 5.41) is 3.34. The third kappa shape index (κ3) is 2.44. The molecule has 0 saturated carbocycles. The Morgan fingerprint density at radius 2 is 1.88 bits per heavy atom. The van der Waals surface area contributed by atoms with Crippen LogP contribution in [-0.2, 0) is 0 Å². The fourth-order valence-corrected chi connectivity index (χ4v) is 1.41. The lowest BCUT2D eigenvalue weighted by Crippen LogP contribution is -2.10. The van der Waals surface area contributed by atoms with Crippen LogP contribution in [0.2, 0.25) is 5.02 Å². The van der Waals surface area contributed by atoms with Gasteiger partial charge in [-0.1, -0.05) is 11.6 Å². The van der Waals surface area contributed by atoms with Crippen LogP contribution in [0.15, 0.2) is 40.8 Å². The number of hydrogen-bond acceptors (Lipinski definition) is 2. The van der Waals surface area contributed by atoms with E-state index in [0.29, 0.717) is 22.2 Å². The molecule has 4 heteroatoms. The molecule has 1 aromatic heterocycles. The maximum atomic E-state index is 11.7. The van der Waals surface area contributed by atoms with Crippen molar-refractivity contribution in [2.75, 3.05) is 5.32 Å². The van der Waals surface area contributed by atoms with Gasteiger partial charge in [-0.15, -0.1) is 0 Å². The zero-order valence-electron chi connectivity index (χ0n) is 8.66. The Bertz CT molecular complexity index is 502. The Morgan fingerprint density at radius 1 is 1.19 bits per heavy atom. The molecule has 0 aliphatic carbocycles. The van der Waals surface area contributed by atoms with Crippen LogP contribution < -0.4 is 5.32 Å². The molecule has 1 N–H and O–H groups in total. The first-order chi connectivity index (χ1) is 7.65. The summed E-state index contributed by atoms with van der Waals surface area (Å²) in [7, 11) is 0. The van der Waals surface area contributed by atoms with Gasteiger partial charge >= 0.3 is 0 Å². The molecule has 1 aromatic carbocycles. The van der Waals surface area contributed by atoms with Crippen LogP contribution in [0.5, 0.6) is 0 Å². The molecule has 3 nitrogen and oxygen atoms in total. The van der Waals surface area contributed by atoms with E-state index in [4.69, 9.17) is 16.0 Å². The van der Waals surface area contributed by atoms with Crippen LogP contribution in [-0.4, -0.2) is 5.91 Å². The van der Waals surface area contributed by atoms with Gasteiger partial charge < -0.3 is 9.73 Å². The highest BCUT2D eigenvalue weighted by atomic mass is 35.5. The molecule has 2 aromatic rings. The number of carbonyl (C=O) groups excluding carboxylic acids is 1. The number of hydrogen-bond donors (Lipinski definition) is 1. The van der Waals surface area contributed by atoms with Gasteiger partial charge in [0.1, 0.15) is 5.76 Å². The van der Waals surface area contributed by atoms with Crippen molar-refractivity contribution >= 4 is 23.2 Å². The van der Waals surface area contributed by atoms with E-state index in [2.05, 4.69) is 5.32 Å². The van der Waals surface area contributed by atoms with Crippen molar-refractivity contribution in [3.8, 4) is 0 Å². The third-order valence-corrected chi connectivity index (χ3v) is 2.32. The number of carbonyl (C=O) groups is 1. The van der Waals surface area contributed by atoms with Gasteiger partial charge in [-0.25, -0.2) is 0 Å². The number of halogens is 1. The topological polar surface area (TPSA) is 42.2 Å². The van der Waals surface area contributed by atoms with Gasteiger partial charge in [-0.2, -0.15) is 0 Å². The van der Waals surface area contributed by atoms with Crippen molar-refractivity contribution in [2.45, 2.75) is 6.92 Å². The van der Waals surface area contributed by atoms with Gasteiger partial charge in [-0.05, 0) is 43.3 Å². The van der Waals surface area contributed by atoms with E-state index in [1.165, 1.54) is 0 Å². The zero-order chi connectivity index (χ0) is 11.5. The van der Waals surface area contributed by atoms with E-state index in [1.807, 2.05) is 0 Å². The predicted molar refractivity (Wildman–Crippen MR) is 62.9 cm³/mol. The van der Waals surface area contributed by atoms with Crippen molar-refractivity contribution in [1.82, 2.24) is 0 Å². The molecule has 82 valence electrons. The molecular weight excluding hydrogens is 226 g/mol. The fraction of sp³-hybridized carbons (Fsp3) is 0.0833. The molecule has 16 heavy (non-hydrogen) atoms. The average Bonchev–Trinajstić information content (AvgIpc) is 2.68. The Hall–Kier alpha value is -1.74. The van der Waals surface area contributed by atoms with E-state index in [9.17, 15) is 4.79 Å². The summed E-state index contributed by atoms with van der Waals surface area (Å²) in [5.41, 5.74) is 0.684. The van der Waals surface area contributed by atoms with Gasteiger partial charge in [0.2, 0.25) is 0 Å². The normalized spacial score (nSPS) is 10.1. The number of amides is 1. The highest BCUT2D eigenvalue weighted by Crippen LogP contribution is 2.15. The summed E-state index contributed by atoms with van der Waals surface area (Å²) in [6.45, 7) is 1.79. The molecule has 1 amide bonds. The lowest BCUT2D eigenvalue weighted by Gasteiger charge is -2.02. The summed E-state index contributed by atoms with van der Waals surface area (Å²) >= 11 is 5.74. The summed E-state index contributed by atoms with van der Waals surface area (Å²) < 4.78 is 5.20. The number of nitrogens with one attached hydrogen (secondary N) is 1. The van der Waals surface area contributed by atoms with E-state index in [-0.39, 0.29) is 5.91 Å². The molecule has 2 rings (SSSR count). The monoisotopic (exact) mass is 235 g/mol. The van der Waals surface area contributed by atoms with E-state index in [0.717, 1.165) is 0 Å². The SMILES string of the molecule is Cc1ccc(C(=O)Nc2ccc(Cl)cc2)o1. The number of anilines is 1. The van der Waals surface area contributed by atoms with Crippen molar-refractivity contribution in [3.05, 3.63) is 52.9 Å². The summed E-state index contributed by atoms with van der Waals surface area (Å²) in [5.74, 6) is 0.740. The van der Waals surface area contributed by atoms with E-state index in [1.54, 1.807) is 43.3 Å². The molecule has 0 fully saturated rings. The molecule has 0 aliphatic heterocycles. The van der Waals surface area contributed by atoms with Crippen molar-refractivity contribution < 1.29 is 9.21 Å². The van der Waals surface area contributed by atoms with E-state index < -0.39 is 0 Å². The molecule has 0 unspecified atom stereocenters. The number of benzene rings is 1. The molecule has 0 saturated heterocycles. The molecule has 0 spiro atoms. The smallest absolute Gasteiger partial charge is 0.291 e. The van der Waals surface area contributed by atoms with Gasteiger partial charge in [-0.3, -0.25) is 4.79 Å². The number of furan rings is 1. The van der Waals surface area contributed by atoms with Gasteiger partial charge in [0, 0.05) is 10.7 Å². The highest BCUT2D eigenvalue weighted by Gasteiger charge is 2.09. The highest BCUT2D eigenvalue weighted by molar-refractivity contribution is 6.30. The molecule has 0 aliphatic rings. The van der Waals surface area contributed by atoms with Crippen molar-refractivity contribution in [1.29, 1.82) is 0 Å². The lowest BCUT2D eigenvalue weighted by molar-refractivity contribution is 0.0995. The standard InChI is InChI=1S/C12H10ClNO2/c1-8-2-7-11(16-8)12(15)14-10-5-3-9(13)4-6-10/h2-7H,1H3,(H,14,15). The summed E-state index contributed by atoms with van der Waals surface area (Å²) in [6, 6.07) is 10.3.